The van der Waals surface area contributed by atoms with Crippen molar-refractivity contribution < 1.29 is 0 Å². The van der Waals surface area contributed by atoms with Crippen molar-refractivity contribution >= 4 is 21.7 Å². The molecule has 0 unspecified atom stereocenters. The first-order chi connectivity index (χ1) is 7.70. The number of rotatable bonds is 1. The quantitative estimate of drug-likeness (QED) is 0.742. The predicted octanol–water partition coefficient (Wildman–Crippen LogP) is 2.95. The highest BCUT2D eigenvalue weighted by Crippen LogP contribution is 2.24. The summed E-state index contributed by atoms with van der Waals surface area (Å²) in [6.07, 6.45) is 2.44. The fraction of sp³-hybridized carbons (Fsp3) is 0.500. The molecule has 0 N–H and O–H groups in total. The Labute approximate surface area is 104 Å². The lowest BCUT2D eigenvalue weighted by atomic mass is 9.99. The Morgan fingerprint density at radius 2 is 2.12 bits per heavy atom. The first-order valence-corrected chi connectivity index (χ1v) is 6.31. The van der Waals surface area contributed by atoms with Gasteiger partial charge in [0.05, 0.1) is 5.56 Å². The van der Waals surface area contributed by atoms with Crippen LogP contribution in [0, 0.1) is 17.2 Å². The average molecular weight is 280 g/mol. The van der Waals surface area contributed by atoms with E-state index in [1.54, 1.807) is 0 Å². The number of halogens is 1. The topological polar surface area (TPSA) is 39.9 Å². The molecular weight excluding hydrogens is 266 g/mol. The lowest BCUT2D eigenvalue weighted by Gasteiger charge is -2.31. The zero-order valence-corrected chi connectivity index (χ0v) is 10.9. The molecule has 0 atom stereocenters. The standard InChI is InChI=1S/C12H14BrN3/c1-9-4-6-16(7-5-9)11-3-2-10(8-14)12(13)15-11/h2-3,9H,4-7H2,1H3. The third-order valence-electron chi connectivity index (χ3n) is 3.06. The van der Waals surface area contributed by atoms with Crippen molar-refractivity contribution in [3.63, 3.8) is 0 Å². The third-order valence-corrected chi connectivity index (χ3v) is 3.67. The Morgan fingerprint density at radius 1 is 1.44 bits per heavy atom. The zero-order chi connectivity index (χ0) is 11.5. The number of nitrogens with zero attached hydrogens (tertiary/aromatic N) is 3. The first-order valence-electron chi connectivity index (χ1n) is 5.52. The maximum absolute atomic E-state index is 8.82. The molecule has 1 saturated heterocycles. The molecule has 1 aromatic rings. The van der Waals surface area contributed by atoms with Gasteiger partial charge in [0, 0.05) is 13.1 Å². The molecule has 0 amide bonds. The summed E-state index contributed by atoms with van der Waals surface area (Å²) in [6.45, 7) is 4.42. The molecule has 1 fully saturated rings. The number of pyridine rings is 1. The van der Waals surface area contributed by atoms with Gasteiger partial charge in [0.2, 0.25) is 0 Å². The number of aromatic nitrogens is 1. The van der Waals surface area contributed by atoms with E-state index in [9.17, 15) is 0 Å². The van der Waals surface area contributed by atoms with Gasteiger partial charge >= 0.3 is 0 Å². The van der Waals surface area contributed by atoms with Crippen molar-refractivity contribution in [1.29, 1.82) is 5.26 Å². The number of anilines is 1. The van der Waals surface area contributed by atoms with Gasteiger partial charge in [-0.1, -0.05) is 6.92 Å². The van der Waals surface area contributed by atoms with Crippen LogP contribution in [0.15, 0.2) is 16.7 Å². The van der Waals surface area contributed by atoms with Crippen molar-refractivity contribution in [3.8, 4) is 6.07 Å². The van der Waals surface area contributed by atoms with E-state index in [2.05, 4.69) is 38.8 Å². The van der Waals surface area contributed by atoms with Crippen molar-refractivity contribution in [2.45, 2.75) is 19.8 Å². The highest BCUT2D eigenvalue weighted by atomic mass is 79.9. The summed E-state index contributed by atoms with van der Waals surface area (Å²) in [5.74, 6) is 1.79. The fourth-order valence-corrected chi connectivity index (χ4v) is 2.32. The van der Waals surface area contributed by atoms with E-state index in [1.165, 1.54) is 12.8 Å². The van der Waals surface area contributed by atoms with Crippen LogP contribution in [0.4, 0.5) is 5.82 Å². The molecule has 4 heteroatoms. The second kappa shape index (κ2) is 4.84. The summed E-state index contributed by atoms with van der Waals surface area (Å²) < 4.78 is 0.645. The van der Waals surface area contributed by atoms with Crippen LogP contribution in [-0.4, -0.2) is 18.1 Å². The summed E-state index contributed by atoms with van der Waals surface area (Å²) in [7, 11) is 0. The van der Waals surface area contributed by atoms with Gasteiger partial charge in [0.1, 0.15) is 16.5 Å². The molecular formula is C12H14BrN3. The second-order valence-electron chi connectivity index (χ2n) is 4.29. The van der Waals surface area contributed by atoms with Crippen LogP contribution in [0.2, 0.25) is 0 Å². The van der Waals surface area contributed by atoms with Crippen LogP contribution >= 0.6 is 15.9 Å². The molecule has 16 heavy (non-hydrogen) atoms. The van der Waals surface area contributed by atoms with Crippen molar-refractivity contribution in [2.24, 2.45) is 5.92 Å². The third kappa shape index (κ3) is 2.35. The Morgan fingerprint density at radius 3 is 2.69 bits per heavy atom. The lowest BCUT2D eigenvalue weighted by Crippen LogP contribution is -2.33. The highest BCUT2D eigenvalue weighted by Gasteiger charge is 2.17. The van der Waals surface area contributed by atoms with Gasteiger partial charge in [0.25, 0.3) is 0 Å². The van der Waals surface area contributed by atoms with Gasteiger partial charge in [0.15, 0.2) is 0 Å². The highest BCUT2D eigenvalue weighted by molar-refractivity contribution is 9.10. The van der Waals surface area contributed by atoms with Gasteiger partial charge in [-0.3, -0.25) is 0 Å². The minimum absolute atomic E-state index is 0.592. The van der Waals surface area contributed by atoms with E-state index in [0.717, 1.165) is 24.8 Å². The molecule has 2 rings (SSSR count). The molecule has 2 heterocycles. The maximum atomic E-state index is 8.82. The van der Waals surface area contributed by atoms with Gasteiger partial charge in [-0.15, -0.1) is 0 Å². The predicted molar refractivity (Wildman–Crippen MR) is 67.3 cm³/mol. The Bertz CT molecular complexity index is 417. The lowest BCUT2D eigenvalue weighted by molar-refractivity contribution is 0.436. The Hall–Kier alpha value is -1.08. The molecule has 0 saturated carbocycles. The maximum Gasteiger partial charge on any atom is 0.129 e. The number of hydrogen-bond acceptors (Lipinski definition) is 3. The van der Waals surface area contributed by atoms with E-state index in [0.29, 0.717) is 10.2 Å². The van der Waals surface area contributed by atoms with Crippen molar-refractivity contribution in [1.82, 2.24) is 4.98 Å². The van der Waals surface area contributed by atoms with E-state index in [-0.39, 0.29) is 0 Å². The van der Waals surface area contributed by atoms with Gasteiger partial charge < -0.3 is 4.90 Å². The largest absolute Gasteiger partial charge is 0.357 e. The smallest absolute Gasteiger partial charge is 0.129 e. The Balaban J connectivity index is 2.16. The van der Waals surface area contributed by atoms with Crippen LogP contribution in [0.1, 0.15) is 25.3 Å². The SMILES string of the molecule is CC1CCN(c2ccc(C#N)c(Br)n2)CC1. The monoisotopic (exact) mass is 279 g/mol. The first kappa shape index (κ1) is 11.4. The molecule has 1 aromatic heterocycles. The molecule has 84 valence electrons. The number of nitriles is 1. The molecule has 1 aliphatic heterocycles. The van der Waals surface area contributed by atoms with Crippen LogP contribution in [-0.2, 0) is 0 Å². The fourth-order valence-electron chi connectivity index (χ4n) is 1.92. The number of hydrogen-bond donors (Lipinski definition) is 0. The molecule has 3 nitrogen and oxygen atoms in total. The minimum Gasteiger partial charge on any atom is -0.357 e. The average Bonchev–Trinajstić information content (AvgIpc) is 2.30. The van der Waals surface area contributed by atoms with E-state index >= 15 is 0 Å². The number of piperidine rings is 1. The normalized spacial score (nSPS) is 17.2. The molecule has 0 radical (unpaired) electrons. The van der Waals surface area contributed by atoms with E-state index in [4.69, 9.17) is 5.26 Å². The van der Waals surface area contributed by atoms with Crippen molar-refractivity contribution in [3.05, 3.63) is 22.3 Å². The molecule has 1 aliphatic rings. The van der Waals surface area contributed by atoms with Crippen LogP contribution in [0.5, 0.6) is 0 Å². The minimum atomic E-state index is 0.592. The van der Waals surface area contributed by atoms with Gasteiger partial charge in [-0.2, -0.15) is 5.26 Å². The molecule has 0 aliphatic carbocycles. The molecule has 0 spiro atoms. The summed E-state index contributed by atoms with van der Waals surface area (Å²) in [5, 5.41) is 8.82. The summed E-state index contributed by atoms with van der Waals surface area (Å²) >= 11 is 3.33. The van der Waals surface area contributed by atoms with Crippen LogP contribution in [0.25, 0.3) is 0 Å². The zero-order valence-electron chi connectivity index (χ0n) is 9.28. The van der Waals surface area contributed by atoms with Crippen LogP contribution in [0.3, 0.4) is 0 Å². The van der Waals surface area contributed by atoms with Crippen LogP contribution < -0.4 is 4.90 Å². The van der Waals surface area contributed by atoms with Gasteiger partial charge in [-0.05, 0) is 46.8 Å². The van der Waals surface area contributed by atoms with E-state index < -0.39 is 0 Å². The Kier molecular flexibility index (Phi) is 3.45. The summed E-state index contributed by atoms with van der Waals surface area (Å²) in [6, 6.07) is 5.86. The summed E-state index contributed by atoms with van der Waals surface area (Å²) in [5.41, 5.74) is 0.592. The molecule has 0 aromatic carbocycles. The van der Waals surface area contributed by atoms with Crippen molar-refractivity contribution in [2.75, 3.05) is 18.0 Å². The second-order valence-corrected chi connectivity index (χ2v) is 5.04. The van der Waals surface area contributed by atoms with E-state index in [1.807, 2.05) is 12.1 Å². The molecule has 0 bridgehead atoms. The van der Waals surface area contributed by atoms with Gasteiger partial charge in [-0.25, -0.2) is 4.98 Å². The summed E-state index contributed by atoms with van der Waals surface area (Å²) in [4.78, 5) is 6.70.